The molecule has 0 N–H and O–H groups in total. The first-order chi connectivity index (χ1) is 26.3. The van der Waals surface area contributed by atoms with E-state index >= 15 is 0 Å². The number of hydrogen-bond acceptors (Lipinski definition) is 3. The van der Waals surface area contributed by atoms with E-state index in [4.69, 9.17) is 9.97 Å². The SMILES string of the molecule is c1ccc(C2(c3ccccc3)c3ccccc3-c3cc4c(-c5ccc(-c6ccc7ccc8cccnc8c7n6)cc5)nc5ccccc5c4cc32)cc1. The Bertz CT molecular complexity index is 3000. The molecule has 0 radical (unpaired) electrons. The molecule has 0 spiro atoms. The highest BCUT2D eigenvalue weighted by Gasteiger charge is 2.46. The van der Waals surface area contributed by atoms with Gasteiger partial charge in [0.25, 0.3) is 0 Å². The Morgan fingerprint density at radius 1 is 0.396 bits per heavy atom. The van der Waals surface area contributed by atoms with Crippen molar-refractivity contribution in [3.63, 3.8) is 0 Å². The second-order valence-electron chi connectivity index (χ2n) is 13.9. The van der Waals surface area contributed by atoms with E-state index in [0.29, 0.717) is 0 Å². The van der Waals surface area contributed by atoms with Gasteiger partial charge in [0.2, 0.25) is 0 Å². The van der Waals surface area contributed by atoms with E-state index in [1.54, 1.807) is 0 Å². The van der Waals surface area contributed by atoms with Gasteiger partial charge in [0.1, 0.15) is 0 Å². The van der Waals surface area contributed by atoms with E-state index in [-0.39, 0.29) is 0 Å². The van der Waals surface area contributed by atoms with Crippen LogP contribution in [0.2, 0.25) is 0 Å². The third kappa shape index (κ3) is 4.38. The largest absolute Gasteiger partial charge is 0.254 e. The van der Waals surface area contributed by atoms with E-state index < -0.39 is 5.41 Å². The lowest BCUT2D eigenvalue weighted by molar-refractivity contribution is 0.769. The predicted octanol–water partition coefficient (Wildman–Crippen LogP) is 12.2. The van der Waals surface area contributed by atoms with E-state index in [9.17, 15) is 0 Å². The molecule has 3 nitrogen and oxygen atoms in total. The molecule has 0 aliphatic heterocycles. The quantitative estimate of drug-likeness (QED) is 0.175. The minimum atomic E-state index is -0.470. The minimum absolute atomic E-state index is 0.470. The second-order valence-corrected chi connectivity index (χ2v) is 13.9. The molecule has 0 fully saturated rings. The molecule has 0 saturated heterocycles. The number of pyridine rings is 3. The summed E-state index contributed by atoms with van der Waals surface area (Å²) in [6.07, 6.45) is 1.84. The fourth-order valence-electron chi connectivity index (χ4n) is 8.79. The van der Waals surface area contributed by atoms with Crippen molar-refractivity contribution in [2.75, 3.05) is 0 Å². The van der Waals surface area contributed by atoms with Crippen LogP contribution in [-0.4, -0.2) is 15.0 Å². The fourth-order valence-corrected chi connectivity index (χ4v) is 8.79. The molecule has 3 heteroatoms. The Morgan fingerprint density at radius 3 is 1.85 bits per heavy atom. The van der Waals surface area contributed by atoms with Crippen molar-refractivity contribution >= 4 is 43.5 Å². The standard InChI is InChI=1S/C50H31N3/c1-3-13-36(14-4-1)50(37-15-5-2-6-16-37)43-19-9-7-17-38(43)41-30-42-40(31-44(41)50)39-18-8-10-20-46(39)53-47(42)34-23-21-32(22-24-34)45-28-27-35-26-25-33-12-11-29-51-48(33)49(35)52-45/h1-31H. The number of aromatic nitrogens is 3. The molecule has 10 aromatic rings. The molecule has 0 bridgehead atoms. The smallest absolute Gasteiger partial charge is 0.0972 e. The number of benzene rings is 7. The Morgan fingerprint density at radius 2 is 1.06 bits per heavy atom. The van der Waals surface area contributed by atoms with Gasteiger partial charge in [-0.3, -0.25) is 4.98 Å². The molecule has 0 unspecified atom stereocenters. The lowest BCUT2D eigenvalue weighted by Crippen LogP contribution is -2.28. The van der Waals surface area contributed by atoms with E-state index in [1.165, 1.54) is 38.8 Å². The van der Waals surface area contributed by atoms with Crippen molar-refractivity contribution in [3.05, 3.63) is 210 Å². The maximum atomic E-state index is 5.36. The average Bonchev–Trinajstić information content (AvgIpc) is 3.53. The zero-order valence-corrected chi connectivity index (χ0v) is 28.7. The molecular weight excluding hydrogens is 643 g/mol. The van der Waals surface area contributed by atoms with Gasteiger partial charge in [-0.2, -0.15) is 0 Å². The number of fused-ring (bicyclic) bond motifs is 9. The highest BCUT2D eigenvalue weighted by atomic mass is 14.8. The first-order valence-electron chi connectivity index (χ1n) is 18.1. The lowest BCUT2D eigenvalue weighted by atomic mass is 9.67. The molecule has 1 aliphatic rings. The first kappa shape index (κ1) is 29.7. The molecular formula is C50H31N3. The molecule has 1 aliphatic carbocycles. The van der Waals surface area contributed by atoms with Crippen molar-refractivity contribution in [1.82, 2.24) is 15.0 Å². The molecule has 53 heavy (non-hydrogen) atoms. The highest BCUT2D eigenvalue weighted by molar-refractivity contribution is 6.13. The summed E-state index contributed by atoms with van der Waals surface area (Å²) < 4.78 is 0. The van der Waals surface area contributed by atoms with E-state index in [1.807, 2.05) is 12.3 Å². The highest BCUT2D eigenvalue weighted by Crippen LogP contribution is 2.57. The zero-order valence-electron chi connectivity index (χ0n) is 28.7. The summed E-state index contributed by atoms with van der Waals surface area (Å²) in [6, 6.07) is 65.6. The summed E-state index contributed by atoms with van der Waals surface area (Å²) in [4.78, 5) is 15.1. The summed E-state index contributed by atoms with van der Waals surface area (Å²) in [6.45, 7) is 0. The van der Waals surface area contributed by atoms with Crippen LogP contribution in [0, 0.1) is 0 Å². The summed E-state index contributed by atoms with van der Waals surface area (Å²) in [5.74, 6) is 0. The average molecular weight is 674 g/mol. The van der Waals surface area contributed by atoms with Crippen LogP contribution in [0.1, 0.15) is 22.3 Å². The molecule has 246 valence electrons. The van der Waals surface area contributed by atoms with Crippen LogP contribution >= 0.6 is 0 Å². The summed E-state index contributed by atoms with van der Waals surface area (Å²) in [5, 5.41) is 5.67. The van der Waals surface area contributed by atoms with Gasteiger partial charge < -0.3 is 0 Å². The number of hydrogen-bond donors (Lipinski definition) is 0. The van der Waals surface area contributed by atoms with Gasteiger partial charge in [-0.15, -0.1) is 0 Å². The van der Waals surface area contributed by atoms with Gasteiger partial charge in [0, 0.05) is 38.9 Å². The van der Waals surface area contributed by atoms with Crippen molar-refractivity contribution < 1.29 is 0 Å². The van der Waals surface area contributed by atoms with E-state index in [2.05, 4.69) is 181 Å². The maximum absolute atomic E-state index is 5.36. The lowest BCUT2D eigenvalue weighted by Gasteiger charge is -2.34. The number of nitrogens with zero attached hydrogens (tertiary/aromatic N) is 3. The topological polar surface area (TPSA) is 38.7 Å². The molecule has 0 saturated carbocycles. The molecule has 7 aromatic carbocycles. The Hall–Kier alpha value is -6.97. The first-order valence-corrected chi connectivity index (χ1v) is 18.1. The summed E-state index contributed by atoms with van der Waals surface area (Å²) in [5.41, 5.74) is 14.0. The zero-order chi connectivity index (χ0) is 34.9. The van der Waals surface area contributed by atoms with Crippen molar-refractivity contribution in [1.29, 1.82) is 0 Å². The van der Waals surface area contributed by atoms with Crippen LogP contribution in [0.15, 0.2) is 188 Å². The molecule has 11 rings (SSSR count). The van der Waals surface area contributed by atoms with Crippen LogP contribution in [0.25, 0.3) is 77.1 Å². The van der Waals surface area contributed by atoms with Crippen molar-refractivity contribution in [2.24, 2.45) is 0 Å². The summed E-state index contributed by atoms with van der Waals surface area (Å²) >= 11 is 0. The molecule has 0 atom stereocenters. The van der Waals surface area contributed by atoms with Gasteiger partial charge in [-0.05, 0) is 69.1 Å². The van der Waals surface area contributed by atoms with Gasteiger partial charge in [-0.1, -0.05) is 152 Å². The second kappa shape index (κ2) is 11.5. The minimum Gasteiger partial charge on any atom is -0.254 e. The van der Waals surface area contributed by atoms with Crippen LogP contribution < -0.4 is 0 Å². The van der Waals surface area contributed by atoms with Crippen molar-refractivity contribution in [3.8, 4) is 33.6 Å². The van der Waals surface area contributed by atoms with Crippen molar-refractivity contribution in [2.45, 2.75) is 5.41 Å². The van der Waals surface area contributed by atoms with Gasteiger partial charge >= 0.3 is 0 Å². The molecule has 3 heterocycles. The van der Waals surface area contributed by atoms with Crippen LogP contribution in [0.3, 0.4) is 0 Å². The maximum Gasteiger partial charge on any atom is 0.0972 e. The normalized spacial score (nSPS) is 13.1. The predicted molar refractivity (Wildman–Crippen MR) is 218 cm³/mol. The third-order valence-corrected chi connectivity index (χ3v) is 11.2. The van der Waals surface area contributed by atoms with Gasteiger partial charge in [0.05, 0.1) is 33.4 Å². The summed E-state index contributed by atoms with van der Waals surface area (Å²) in [7, 11) is 0. The number of para-hydroxylation sites is 1. The number of rotatable bonds is 4. The monoisotopic (exact) mass is 673 g/mol. The van der Waals surface area contributed by atoms with Crippen LogP contribution in [-0.2, 0) is 5.41 Å². The van der Waals surface area contributed by atoms with E-state index in [0.717, 1.165) is 60.6 Å². The van der Waals surface area contributed by atoms with Gasteiger partial charge in [-0.25, -0.2) is 9.97 Å². The Labute approximate surface area is 306 Å². The molecule has 3 aromatic heterocycles. The van der Waals surface area contributed by atoms with Crippen LogP contribution in [0.4, 0.5) is 0 Å². The fraction of sp³-hybridized carbons (Fsp3) is 0.0200. The van der Waals surface area contributed by atoms with Crippen LogP contribution in [0.5, 0.6) is 0 Å². The Balaban J connectivity index is 1.14. The molecule has 0 amide bonds. The van der Waals surface area contributed by atoms with Gasteiger partial charge in [0.15, 0.2) is 0 Å². The third-order valence-electron chi connectivity index (χ3n) is 11.2. The Kier molecular flexibility index (Phi) is 6.47.